The summed E-state index contributed by atoms with van der Waals surface area (Å²) in [6, 6.07) is 2.44. The van der Waals surface area contributed by atoms with E-state index in [0.29, 0.717) is 12.0 Å². The third kappa shape index (κ3) is 3.35. The summed E-state index contributed by atoms with van der Waals surface area (Å²) in [7, 11) is 0. The van der Waals surface area contributed by atoms with Gasteiger partial charge in [0.2, 0.25) is 0 Å². The van der Waals surface area contributed by atoms with Gasteiger partial charge < -0.3 is 9.73 Å². The van der Waals surface area contributed by atoms with E-state index in [1.807, 2.05) is 6.07 Å². The largest absolute Gasteiger partial charge is 0.457 e. The maximum Gasteiger partial charge on any atom is 0.173 e. The van der Waals surface area contributed by atoms with Gasteiger partial charge in [-0.2, -0.15) is 0 Å². The molecule has 3 heteroatoms. The Balaban J connectivity index is 2.76. The lowest BCUT2D eigenvalue weighted by molar-refractivity contribution is 0.371. The smallest absolute Gasteiger partial charge is 0.173 e. The number of nitrogens with one attached hydrogen (secondary N) is 1. The molecule has 1 aromatic rings. The zero-order valence-electron chi connectivity index (χ0n) is 9.72. The molecule has 0 saturated carbocycles. The van der Waals surface area contributed by atoms with Gasteiger partial charge in [0.05, 0.1) is 6.26 Å². The van der Waals surface area contributed by atoms with Gasteiger partial charge in [-0.15, -0.1) is 0 Å². The molecule has 15 heavy (non-hydrogen) atoms. The predicted octanol–water partition coefficient (Wildman–Crippen LogP) is 4.13. The molecular weight excluding hydrogens is 254 g/mol. The molecule has 0 aliphatic heterocycles. The highest BCUT2D eigenvalue weighted by atomic mass is 79.9. The fourth-order valence-corrected chi connectivity index (χ4v) is 2.17. The summed E-state index contributed by atoms with van der Waals surface area (Å²) in [6.45, 7) is 7.73. The minimum Gasteiger partial charge on any atom is -0.457 e. The SMILES string of the molecule is CCCNC(c1ccoc1Br)C(C)CC. The molecule has 0 amide bonds. The molecule has 0 aliphatic rings. The molecule has 2 unspecified atom stereocenters. The molecule has 2 nitrogen and oxygen atoms in total. The molecule has 0 fully saturated rings. The van der Waals surface area contributed by atoms with Crippen LogP contribution in [0.5, 0.6) is 0 Å². The van der Waals surface area contributed by atoms with Gasteiger partial charge in [-0.1, -0.05) is 27.2 Å². The standard InChI is InChI=1S/C12H20BrNO/c1-4-7-14-11(9(3)5-2)10-6-8-15-12(10)13/h6,8-9,11,14H,4-5,7H2,1-3H3. The van der Waals surface area contributed by atoms with Crippen molar-refractivity contribution in [3.8, 4) is 0 Å². The van der Waals surface area contributed by atoms with Crippen molar-refractivity contribution >= 4 is 15.9 Å². The number of hydrogen-bond donors (Lipinski definition) is 1. The lowest BCUT2D eigenvalue weighted by Gasteiger charge is -2.23. The molecule has 0 bridgehead atoms. The van der Waals surface area contributed by atoms with Gasteiger partial charge >= 0.3 is 0 Å². The topological polar surface area (TPSA) is 25.2 Å². The van der Waals surface area contributed by atoms with Crippen LogP contribution in [0.2, 0.25) is 0 Å². The van der Waals surface area contributed by atoms with E-state index in [2.05, 4.69) is 42.0 Å². The minimum absolute atomic E-state index is 0.392. The first-order chi connectivity index (χ1) is 7.20. The summed E-state index contributed by atoms with van der Waals surface area (Å²) in [5.41, 5.74) is 1.23. The Labute approximate surface area is 101 Å². The average Bonchev–Trinajstić information content (AvgIpc) is 2.65. The van der Waals surface area contributed by atoms with Crippen molar-refractivity contribution in [2.24, 2.45) is 5.92 Å². The van der Waals surface area contributed by atoms with Crippen molar-refractivity contribution in [3.05, 3.63) is 22.6 Å². The predicted molar refractivity (Wildman–Crippen MR) is 66.9 cm³/mol. The van der Waals surface area contributed by atoms with Gasteiger partial charge in [-0.05, 0) is 40.9 Å². The van der Waals surface area contributed by atoms with Crippen LogP contribution >= 0.6 is 15.9 Å². The van der Waals surface area contributed by atoms with Gasteiger partial charge in [-0.3, -0.25) is 0 Å². The van der Waals surface area contributed by atoms with Crippen LogP contribution in [-0.2, 0) is 0 Å². The van der Waals surface area contributed by atoms with E-state index >= 15 is 0 Å². The molecule has 0 aromatic carbocycles. The number of furan rings is 1. The summed E-state index contributed by atoms with van der Waals surface area (Å²) in [5.74, 6) is 0.616. The third-order valence-corrected chi connectivity index (χ3v) is 3.45. The van der Waals surface area contributed by atoms with Gasteiger partial charge in [0.1, 0.15) is 0 Å². The van der Waals surface area contributed by atoms with Crippen LogP contribution in [0, 0.1) is 5.92 Å². The zero-order valence-corrected chi connectivity index (χ0v) is 11.3. The summed E-state index contributed by atoms with van der Waals surface area (Å²) in [5, 5.41) is 3.57. The highest BCUT2D eigenvalue weighted by molar-refractivity contribution is 9.10. The van der Waals surface area contributed by atoms with Crippen molar-refractivity contribution in [2.45, 2.75) is 39.7 Å². The van der Waals surface area contributed by atoms with Gasteiger partial charge in [0.25, 0.3) is 0 Å². The molecule has 0 spiro atoms. The Hall–Kier alpha value is -0.280. The second kappa shape index (κ2) is 6.33. The van der Waals surface area contributed by atoms with Crippen molar-refractivity contribution in [2.75, 3.05) is 6.54 Å². The summed E-state index contributed by atoms with van der Waals surface area (Å²) in [6.07, 6.45) is 4.06. The fourth-order valence-electron chi connectivity index (χ4n) is 1.68. The maximum absolute atomic E-state index is 5.30. The quantitative estimate of drug-likeness (QED) is 0.843. The van der Waals surface area contributed by atoms with Crippen molar-refractivity contribution in [1.29, 1.82) is 0 Å². The highest BCUT2D eigenvalue weighted by Crippen LogP contribution is 2.30. The highest BCUT2D eigenvalue weighted by Gasteiger charge is 2.20. The minimum atomic E-state index is 0.392. The normalized spacial score (nSPS) is 15.2. The Kier molecular flexibility index (Phi) is 5.40. The van der Waals surface area contributed by atoms with Crippen LogP contribution in [0.25, 0.3) is 0 Å². The van der Waals surface area contributed by atoms with Crippen LogP contribution in [0.4, 0.5) is 0 Å². The molecule has 86 valence electrons. The second-order valence-electron chi connectivity index (χ2n) is 3.97. The number of rotatable bonds is 6. The number of hydrogen-bond acceptors (Lipinski definition) is 2. The van der Waals surface area contributed by atoms with E-state index in [1.165, 1.54) is 12.0 Å². The van der Waals surface area contributed by atoms with Gasteiger partial charge in [0, 0.05) is 11.6 Å². The third-order valence-electron chi connectivity index (χ3n) is 2.81. The van der Waals surface area contributed by atoms with E-state index in [4.69, 9.17) is 4.42 Å². The average molecular weight is 274 g/mol. The Bertz CT molecular complexity index is 285. The maximum atomic E-state index is 5.30. The van der Waals surface area contributed by atoms with E-state index in [-0.39, 0.29) is 0 Å². The zero-order chi connectivity index (χ0) is 11.3. The van der Waals surface area contributed by atoms with Gasteiger partial charge in [-0.25, -0.2) is 0 Å². The summed E-state index contributed by atoms with van der Waals surface area (Å²) in [4.78, 5) is 0. The second-order valence-corrected chi connectivity index (χ2v) is 4.69. The molecule has 2 atom stereocenters. The van der Waals surface area contributed by atoms with Crippen molar-refractivity contribution < 1.29 is 4.42 Å². The first-order valence-corrected chi connectivity index (χ1v) is 6.46. The van der Waals surface area contributed by atoms with E-state index in [1.54, 1.807) is 6.26 Å². The van der Waals surface area contributed by atoms with Gasteiger partial charge in [0.15, 0.2) is 4.67 Å². The molecule has 0 radical (unpaired) electrons. The number of halogens is 1. The van der Waals surface area contributed by atoms with E-state index in [9.17, 15) is 0 Å². The molecule has 0 aliphatic carbocycles. The summed E-state index contributed by atoms with van der Waals surface area (Å²) >= 11 is 3.45. The first-order valence-electron chi connectivity index (χ1n) is 5.66. The lowest BCUT2D eigenvalue weighted by Crippen LogP contribution is -2.27. The molecule has 1 rings (SSSR count). The van der Waals surface area contributed by atoms with Crippen LogP contribution in [0.1, 0.15) is 45.2 Å². The molecule has 1 heterocycles. The van der Waals surface area contributed by atoms with Crippen LogP contribution in [0.3, 0.4) is 0 Å². The molecule has 1 aromatic heterocycles. The van der Waals surface area contributed by atoms with Crippen molar-refractivity contribution in [3.63, 3.8) is 0 Å². The molecule has 1 N–H and O–H groups in total. The lowest BCUT2D eigenvalue weighted by atomic mass is 9.94. The van der Waals surface area contributed by atoms with E-state index in [0.717, 1.165) is 17.6 Å². The van der Waals surface area contributed by atoms with E-state index < -0.39 is 0 Å². The summed E-state index contributed by atoms with van der Waals surface area (Å²) < 4.78 is 6.15. The molecule has 0 saturated heterocycles. The van der Waals surface area contributed by atoms with Crippen LogP contribution < -0.4 is 5.32 Å². The van der Waals surface area contributed by atoms with Crippen molar-refractivity contribution in [1.82, 2.24) is 5.32 Å². The Morgan fingerprint density at radius 1 is 1.47 bits per heavy atom. The monoisotopic (exact) mass is 273 g/mol. The molecular formula is C12H20BrNO. The van der Waals surface area contributed by atoms with Crippen LogP contribution in [-0.4, -0.2) is 6.54 Å². The Morgan fingerprint density at radius 2 is 2.20 bits per heavy atom. The van der Waals surface area contributed by atoms with Crippen LogP contribution in [0.15, 0.2) is 21.4 Å². The fraction of sp³-hybridized carbons (Fsp3) is 0.667. The Morgan fingerprint density at radius 3 is 2.67 bits per heavy atom. The first kappa shape index (κ1) is 12.8.